The van der Waals surface area contributed by atoms with Crippen molar-refractivity contribution in [3.63, 3.8) is 0 Å². The Bertz CT molecular complexity index is 119. The predicted molar refractivity (Wildman–Crippen MR) is 44.3 cm³/mol. The van der Waals surface area contributed by atoms with Crippen LogP contribution >= 0.6 is 11.1 Å². The molecule has 0 spiro atoms. The molecular formula is C6H13ClO2Si. The van der Waals surface area contributed by atoms with Gasteiger partial charge in [0.1, 0.15) is 0 Å². The minimum Gasteiger partial charge on any atom is -0.505 e. The first-order chi connectivity index (χ1) is 4.45. The van der Waals surface area contributed by atoms with Crippen molar-refractivity contribution < 1.29 is 9.22 Å². The lowest BCUT2D eigenvalue weighted by molar-refractivity contribution is -0.134. The molecule has 2 nitrogen and oxygen atoms in total. The second-order valence-corrected chi connectivity index (χ2v) is 8.25. The summed E-state index contributed by atoms with van der Waals surface area (Å²) in [6.07, 6.45) is 1.29. The molecular weight excluding hydrogens is 168 g/mol. The quantitative estimate of drug-likeness (QED) is 0.492. The highest BCUT2D eigenvalue weighted by molar-refractivity contribution is 7.15. The summed E-state index contributed by atoms with van der Waals surface area (Å²) in [5.74, 6) is -0.172. The predicted octanol–water partition coefficient (Wildman–Crippen LogP) is 2.27. The van der Waals surface area contributed by atoms with Gasteiger partial charge in [0.15, 0.2) is 0 Å². The Kier molecular flexibility index (Phi) is 3.97. The fourth-order valence-electron chi connectivity index (χ4n) is 0.526. The van der Waals surface area contributed by atoms with Crippen molar-refractivity contribution in [2.24, 2.45) is 0 Å². The van der Waals surface area contributed by atoms with Gasteiger partial charge in [0, 0.05) is 6.42 Å². The van der Waals surface area contributed by atoms with Crippen LogP contribution in [-0.4, -0.2) is 13.6 Å². The minimum absolute atomic E-state index is 0.172. The zero-order chi connectivity index (χ0) is 8.20. The molecule has 4 heteroatoms. The third-order valence-corrected chi connectivity index (χ3v) is 1.76. The summed E-state index contributed by atoms with van der Waals surface area (Å²) in [7, 11) is -2.13. The molecule has 0 radical (unpaired) electrons. The highest BCUT2D eigenvalue weighted by atomic mass is 35.6. The van der Waals surface area contributed by atoms with Crippen molar-refractivity contribution in [3.05, 3.63) is 0 Å². The van der Waals surface area contributed by atoms with E-state index in [0.29, 0.717) is 6.42 Å². The van der Waals surface area contributed by atoms with Gasteiger partial charge in [0.2, 0.25) is 0 Å². The standard InChI is InChI=1S/C6H13ClO2Si/c1-4-5-6(8)9-10(2,3)7/h4-5H2,1-3H3. The van der Waals surface area contributed by atoms with Crippen LogP contribution in [0.25, 0.3) is 0 Å². The molecule has 0 saturated carbocycles. The van der Waals surface area contributed by atoms with Crippen molar-refractivity contribution in [2.45, 2.75) is 32.9 Å². The zero-order valence-electron chi connectivity index (χ0n) is 6.61. The highest BCUT2D eigenvalue weighted by Crippen LogP contribution is 2.10. The van der Waals surface area contributed by atoms with Crippen molar-refractivity contribution in [1.29, 1.82) is 0 Å². The smallest absolute Gasteiger partial charge is 0.345 e. The molecule has 0 fully saturated rings. The molecule has 0 amide bonds. The molecule has 0 aromatic rings. The van der Waals surface area contributed by atoms with E-state index in [1.165, 1.54) is 0 Å². The van der Waals surface area contributed by atoms with Crippen LogP contribution < -0.4 is 0 Å². The maximum absolute atomic E-state index is 10.8. The van der Waals surface area contributed by atoms with Crippen molar-refractivity contribution in [2.75, 3.05) is 0 Å². The summed E-state index contributed by atoms with van der Waals surface area (Å²) in [4.78, 5) is 10.8. The van der Waals surface area contributed by atoms with Crippen molar-refractivity contribution in [3.8, 4) is 0 Å². The molecule has 0 N–H and O–H groups in total. The largest absolute Gasteiger partial charge is 0.505 e. The van der Waals surface area contributed by atoms with Crippen LogP contribution in [0.2, 0.25) is 13.1 Å². The van der Waals surface area contributed by atoms with Crippen LogP contribution in [0.5, 0.6) is 0 Å². The first-order valence-corrected chi connectivity index (χ1v) is 7.28. The van der Waals surface area contributed by atoms with Gasteiger partial charge in [-0.15, -0.1) is 11.1 Å². The van der Waals surface area contributed by atoms with Gasteiger partial charge in [-0.3, -0.25) is 4.79 Å². The van der Waals surface area contributed by atoms with E-state index in [2.05, 4.69) is 0 Å². The van der Waals surface area contributed by atoms with Gasteiger partial charge < -0.3 is 4.43 Å². The molecule has 0 heterocycles. The van der Waals surface area contributed by atoms with E-state index < -0.39 is 7.63 Å². The Hall–Kier alpha value is -0.0231. The SMILES string of the molecule is CCCC(=O)O[Si](C)(C)Cl. The molecule has 0 aromatic carbocycles. The second kappa shape index (κ2) is 3.98. The third kappa shape index (κ3) is 6.10. The van der Waals surface area contributed by atoms with Crippen LogP contribution in [0.4, 0.5) is 0 Å². The molecule has 0 bridgehead atoms. The highest BCUT2D eigenvalue weighted by Gasteiger charge is 2.22. The second-order valence-electron chi connectivity index (χ2n) is 2.59. The summed E-state index contributed by atoms with van der Waals surface area (Å²) < 4.78 is 4.94. The first kappa shape index (κ1) is 9.98. The van der Waals surface area contributed by atoms with E-state index in [1.807, 2.05) is 6.92 Å². The Morgan fingerprint density at radius 2 is 2.10 bits per heavy atom. The number of hydrogen-bond acceptors (Lipinski definition) is 2. The zero-order valence-corrected chi connectivity index (χ0v) is 8.36. The molecule has 0 unspecified atom stereocenters. The summed E-state index contributed by atoms with van der Waals surface area (Å²) in [6, 6.07) is 0. The van der Waals surface area contributed by atoms with E-state index in [0.717, 1.165) is 6.42 Å². The van der Waals surface area contributed by atoms with Gasteiger partial charge in [-0.1, -0.05) is 6.92 Å². The Morgan fingerprint density at radius 1 is 1.60 bits per heavy atom. The maximum Gasteiger partial charge on any atom is 0.345 e. The minimum atomic E-state index is -2.13. The normalized spacial score (nSPS) is 11.2. The summed E-state index contributed by atoms with van der Waals surface area (Å²) in [5, 5.41) is 0. The van der Waals surface area contributed by atoms with Crippen molar-refractivity contribution in [1.82, 2.24) is 0 Å². The fraction of sp³-hybridized carbons (Fsp3) is 0.833. The number of rotatable bonds is 3. The van der Waals surface area contributed by atoms with E-state index in [1.54, 1.807) is 13.1 Å². The van der Waals surface area contributed by atoms with E-state index >= 15 is 0 Å². The van der Waals surface area contributed by atoms with Gasteiger partial charge in [-0.05, 0) is 19.5 Å². The van der Waals surface area contributed by atoms with Crippen LogP contribution in [0.3, 0.4) is 0 Å². The molecule has 0 aliphatic rings. The van der Waals surface area contributed by atoms with Crippen LogP contribution in [0.1, 0.15) is 19.8 Å². The van der Waals surface area contributed by atoms with Crippen LogP contribution in [0, 0.1) is 0 Å². The molecule has 0 aliphatic heterocycles. The van der Waals surface area contributed by atoms with Gasteiger partial charge in [-0.25, -0.2) is 0 Å². The lowest BCUT2D eigenvalue weighted by Crippen LogP contribution is -2.26. The van der Waals surface area contributed by atoms with E-state index in [4.69, 9.17) is 15.5 Å². The van der Waals surface area contributed by atoms with Gasteiger partial charge >= 0.3 is 7.63 Å². The topological polar surface area (TPSA) is 26.3 Å². The average molecular weight is 181 g/mol. The van der Waals surface area contributed by atoms with Crippen molar-refractivity contribution >= 4 is 24.7 Å². The van der Waals surface area contributed by atoms with Gasteiger partial charge in [0.05, 0.1) is 0 Å². The fourth-order valence-corrected chi connectivity index (χ4v) is 1.43. The van der Waals surface area contributed by atoms with E-state index in [-0.39, 0.29) is 5.97 Å². The summed E-state index contributed by atoms with van der Waals surface area (Å²) >= 11 is 5.76. The molecule has 10 heavy (non-hydrogen) atoms. The number of halogens is 1. The molecule has 0 atom stereocenters. The van der Waals surface area contributed by atoms with Gasteiger partial charge in [-0.2, -0.15) is 0 Å². The lowest BCUT2D eigenvalue weighted by Gasteiger charge is -2.13. The number of carbonyl (C=O) groups is 1. The van der Waals surface area contributed by atoms with Crippen LogP contribution in [0.15, 0.2) is 0 Å². The molecule has 0 aromatic heterocycles. The number of carbonyl (C=O) groups excluding carboxylic acids is 1. The number of hydrogen-bond donors (Lipinski definition) is 0. The lowest BCUT2D eigenvalue weighted by atomic mass is 10.4. The maximum atomic E-state index is 10.8. The summed E-state index contributed by atoms with van der Waals surface area (Å²) in [5.41, 5.74) is 0. The summed E-state index contributed by atoms with van der Waals surface area (Å²) in [6.45, 7) is 5.49. The van der Waals surface area contributed by atoms with E-state index in [9.17, 15) is 4.79 Å². The van der Waals surface area contributed by atoms with Crippen LogP contribution in [-0.2, 0) is 9.22 Å². The molecule has 60 valence electrons. The first-order valence-electron chi connectivity index (χ1n) is 3.36. The average Bonchev–Trinajstić information content (AvgIpc) is 1.59. The van der Waals surface area contributed by atoms with Gasteiger partial charge in [0.25, 0.3) is 5.97 Å². The molecule has 0 saturated heterocycles. The Labute approximate surface area is 67.4 Å². The Morgan fingerprint density at radius 3 is 2.40 bits per heavy atom. The molecule has 0 aliphatic carbocycles. The Balaban J connectivity index is 3.58. The third-order valence-electron chi connectivity index (χ3n) is 0.811. The monoisotopic (exact) mass is 180 g/mol. The molecule has 0 rings (SSSR count).